The molecule has 1 unspecified atom stereocenters. The minimum absolute atomic E-state index is 0.0499. The van der Waals surface area contributed by atoms with E-state index in [2.05, 4.69) is 55.0 Å². The Hall–Kier alpha value is -1.55. The molecule has 0 aromatic heterocycles. The SMILES string of the molecule is Cc1ccc(NC(N)=NCC(C)(C)N2CCCC(C)C2)cc1. The second-order valence-corrected chi connectivity index (χ2v) is 7.20. The summed E-state index contributed by atoms with van der Waals surface area (Å²) in [4.78, 5) is 7.10. The number of benzene rings is 1. The summed E-state index contributed by atoms with van der Waals surface area (Å²) in [6.45, 7) is 12.0. The van der Waals surface area contributed by atoms with Crippen LogP contribution in [0.4, 0.5) is 5.69 Å². The normalized spacial score (nSPS) is 20.9. The van der Waals surface area contributed by atoms with E-state index in [4.69, 9.17) is 5.73 Å². The number of nitrogens with two attached hydrogens (primary N) is 1. The monoisotopic (exact) mass is 302 g/mol. The zero-order valence-corrected chi connectivity index (χ0v) is 14.4. The van der Waals surface area contributed by atoms with Gasteiger partial charge in [0.05, 0.1) is 6.54 Å². The van der Waals surface area contributed by atoms with Gasteiger partial charge >= 0.3 is 0 Å². The van der Waals surface area contributed by atoms with Crippen LogP contribution in [-0.4, -0.2) is 36.0 Å². The van der Waals surface area contributed by atoms with Crippen LogP contribution >= 0.6 is 0 Å². The molecule has 0 saturated carbocycles. The lowest BCUT2D eigenvalue weighted by Gasteiger charge is -2.42. The number of nitrogens with zero attached hydrogens (tertiary/aromatic N) is 2. The quantitative estimate of drug-likeness (QED) is 0.663. The van der Waals surface area contributed by atoms with Crippen LogP contribution in [0, 0.1) is 12.8 Å². The Kier molecular flexibility index (Phi) is 5.46. The van der Waals surface area contributed by atoms with Gasteiger partial charge in [0.2, 0.25) is 0 Å². The van der Waals surface area contributed by atoms with Gasteiger partial charge in [0.25, 0.3) is 0 Å². The van der Waals surface area contributed by atoms with E-state index < -0.39 is 0 Å². The second-order valence-electron chi connectivity index (χ2n) is 7.20. The van der Waals surface area contributed by atoms with E-state index in [1.807, 2.05) is 12.1 Å². The molecule has 22 heavy (non-hydrogen) atoms. The maximum absolute atomic E-state index is 6.03. The van der Waals surface area contributed by atoms with Crippen molar-refractivity contribution >= 4 is 11.6 Å². The summed E-state index contributed by atoms with van der Waals surface area (Å²) in [6.07, 6.45) is 2.62. The molecule has 0 radical (unpaired) electrons. The first-order chi connectivity index (χ1) is 10.4. The summed E-state index contributed by atoms with van der Waals surface area (Å²) >= 11 is 0. The van der Waals surface area contributed by atoms with Crippen molar-refractivity contribution in [3.63, 3.8) is 0 Å². The highest BCUT2D eigenvalue weighted by Gasteiger charge is 2.29. The van der Waals surface area contributed by atoms with Gasteiger partial charge in [-0.3, -0.25) is 9.89 Å². The molecule has 0 bridgehead atoms. The lowest BCUT2D eigenvalue weighted by Crippen LogP contribution is -2.51. The lowest BCUT2D eigenvalue weighted by atomic mass is 9.94. The Bertz CT molecular complexity index is 504. The van der Waals surface area contributed by atoms with Crippen LogP contribution in [0.1, 0.15) is 39.2 Å². The highest BCUT2D eigenvalue weighted by molar-refractivity contribution is 5.92. The Morgan fingerprint density at radius 1 is 1.36 bits per heavy atom. The standard InChI is InChI=1S/C18H30N4/c1-14-7-9-16(10-8-14)21-17(19)20-13-18(3,4)22-11-5-6-15(2)12-22/h7-10,15H,5-6,11-13H2,1-4H3,(H3,19,20,21). The molecule has 1 saturated heterocycles. The molecule has 4 heteroatoms. The second kappa shape index (κ2) is 7.14. The van der Waals surface area contributed by atoms with Crippen LogP contribution in [0.5, 0.6) is 0 Å². The Labute approximate surface area is 134 Å². The molecular weight excluding hydrogens is 272 g/mol. The third-order valence-corrected chi connectivity index (χ3v) is 4.47. The number of aliphatic imine (C=N–C) groups is 1. The molecule has 1 aliphatic heterocycles. The van der Waals surface area contributed by atoms with Gasteiger partial charge in [-0.15, -0.1) is 0 Å². The minimum atomic E-state index is 0.0499. The lowest BCUT2D eigenvalue weighted by molar-refractivity contribution is 0.0775. The van der Waals surface area contributed by atoms with Gasteiger partial charge in [-0.25, -0.2) is 0 Å². The number of piperidine rings is 1. The summed E-state index contributed by atoms with van der Waals surface area (Å²) in [6, 6.07) is 8.17. The third-order valence-electron chi connectivity index (χ3n) is 4.47. The van der Waals surface area contributed by atoms with Gasteiger partial charge in [0.15, 0.2) is 5.96 Å². The van der Waals surface area contributed by atoms with Crippen LogP contribution in [0.15, 0.2) is 29.3 Å². The van der Waals surface area contributed by atoms with Crippen molar-refractivity contribution < 1.29 is 0 Å². The topological polar surface area (TPSA) is 53.6 Å². The molecule has 1 atom stereocenters. The number of aryl methyl sites for hydroxylation is 1. The number of guanidine groups is 1. The van der Waals surface area contributed by atoms with E-state index in [1.54, 1.807) is 0 Å². The van der Waals surface area contributed by atoms with Crippen LogP contribution in [0.3, 0.4) is 0 Å². The van der Waals surface area contributed by atoms with Crippen molar-refractivity contribution in [2.45, 2.75) is 46.1 Å². The van der Waals surface area contributed by atoms with Crippen LogP contribution < -0.4 is 11.1 Å². The van der Waals surface area contributed by atoms with E-state index in [0.717, 1.165) is 24.7 Å². The first kappa shape index (κ1) is 16.8. The Balaban J connectivity index is 1.92. The molecule has 0 aliphatic carbocycles. The zero-order valence-electron chi connectivity index (χ0n) is 14.4. The average Bonchev–Trinajstić information content (AvgIpc) is 2.48. The highest BCUT2D eigenvalue weighted by Crippen LogP contribution is 2.24. The summed E-state index contributed by atoms with van der Waals surface area (Å²) in [5.41, 5.74) is 8.30. The predicted octanol–water partition coefficient (Wildman–Crippen LogP) is 3.23. The minimum Gasteiger partial charge on any atom is -0.370 e. The molecular formula is C18H30N4. The van der Waals surface area contributed by atoms with Crippen molar-refractivity contribution in [1.29, 1.82) is 0 Å². The zero-order chi connectivity index (χ0) is 16.2. The largest absolute Gasteiger partial charge is 0.370 e. The number of hydrogen-bond donors (Lipinski definition) is 2. The predicted molar refractivity (Wildman–Crippen MR) is 95.3 cm³/mol. The fourth-order valence-corrected chi connectivity index (χ4v) is 2.94. The molecule has 0 amide bonds. The molecule has 1 fully saturated rings. The van der Waals surface area contributed by atoms with Crippen molar-refractivity contribution in [3.05, 3.63) is 29.8 Å². The molecule has 3 N–H and O–H groups in total. The van der Waals surface area contributed by atoms with E-state index in [9.17, 15) is 0 Å². The fraction of sp³-hybridized carbons (Fsp3) is 0.611. The molecule has 4 nitrogen and oxygen atoms in total. The van der Waals surface area contributed by atoms with Crippen LogP contribution in [0.2, 0.25) is 0 Å². The highest BCUT2D eigenvalue weighted by atomic mass is 15.2. The molecule has 1 heterocycles. The Morgan fingerprint density at radius 3 is 2.68 bits per heavy atom. The Morgan fingerprint density at radius 2 is 2.05 bits per heavy atom. The maximum Gasteiger partial charge on any atom is 0.193 e. The number of nitrogens with one attached hydrogen (secondary N) is 1. The van der Waals surface area contributed by atoms with E-state index in [0.29, 0.717) is 12.5 Å². The van der Waals surface area contributed by atoms with Gasteiger partial charge in [0.1, 0.15) is 0 Å². The van der Waals surface area contributed by atoms with Crippen LogP contribution in [0.25, 0.3) is 0 Å². The fourth-order valence-electron chi connectivity index (χ4n) is 2.94. The van der Waals surface area contributed by atoms with E-state index >= 15 is 0 Å². The van der Waals surface area contributed by atoms with E-state index in [1.165, 1.54) is 18.4 Å². The van der Waals surface area contributed by atoms with Crippen molar-refractivity contribution in [1.82, 2.24) is 4.90 Å². The number of likely N-dealkylation sites (tertiary alicyclic amines) is 1. The third kappa shape index (κ3) is 4.73. The summed E-state index contributed by atoms with van der Waals surface area (Å²) in [5.74, 6) is 1.27. The first-order valence-electron chi connectivity index (χ1n) is 8.25. The molecule has 1 aromatic carbocycles. The maximum atomic E-state index is 6.03. The summed E-state index contributed by atoms with van der Waals surface area (Å²) in [5, 5.41) is 3.16. The molecule has 1 aliphatic rings. The molecule has 1 aromatic rings. The molecule has 122 valence electrons. The van der Waals surface area contributed by atoms with Crippen molar-refractivity contribution in [3.8, 4) is 0 Å². The van der Waals surface area contributed by atoms with Gasteiger partial charge in [-0.05, 0) is 58.2 Å². The van der Waals surface area contributed by atoms with Gasteiger partial charge in [-0.2, -0.15) is 0 Å². The smallest absolute Gasteiger partial charge is 0.193 e. The average molecular weight is 302 g/mol. The number of hydrogen-bond acceptors (Lipinski definition) is 2. The molecule has 0 spiro atoms. The number of rotatable bonds is 4. The number of anilines is 1. The van der Waals surface area contributed by atoms with Crippen molar-refractivity contribution in [2.75, 3.05) is 25.0 Å². The van der Waals surface area contributed by atoms with Crippen molar-refractivity contribution in [2.24, 2.45) is 16.6 Å². The molecule has 2 rings (SSSR count). The first-order valence-corrected chi connectivity index (χ1v) is 8.25. The van der Waals surface area contributed by atoms with E-state index in [-0.39, 0.29) is 5.54 Å². The summed E-state index contributed by atoms with van der Waals surface area (Å²) in [7, 11) is 0. The van der Waals surface area contributed by atoms with Gasteiger partial charge < -0.3 is 11.1 Å². The summed E-state index contributed by atoms with van der Waals surface area (Å²) < 4.78 is 0. The van der Waals surface area contributed by atoms with Gasteiger partial charge in [-0.1, -0.05) is 24.6 Å². The van der Waals surface area contributed by atoms with Crippen LogP contribution in [-0.2, 0) is 0 Å². The van der Waals surface area contributed by atoms with Gasteiger partial charge in [0, 0.05) is 17.8 Å².